The molecular formula is C20H25FN2O. The van der Waals surface area contributed by atoms with Gasteiger partial charge in [-0.05, 0) is 53.6 Å². The SMILES string of the molecule is CCc1cccc(C(C)C)c1NC(=O)NCc1cc(F)ccc1C. The van der Waals surface area contributed by atoms with Crippen LogP contribution in [0.5, 0.6) is 0 Å². The lowest BCUT2D eigenvalue weighted by Gasteiger charge is -2.18. The maximum Gasteiger partial charge on any atom is 0.319 e. The Morgan fingerprint density at radius 3 is 2.58 bits per heavy atom. The van der Waals surface area contributed by atoms with Crippen molar-refractivity contribution >= 4 is 11.7 Å². The minimum absolute atomic E-state index is 0.276. The zero-order chi connectivity index (χ0) is 17.7. The summed E-state index contributed by atoms with van der Waals surface area (Å²) in [4.78, 5) is 12.3. The fourth-order valence-corrected chi connectivity index (χ4v) is 2.71. The van der Waals surface area contributed by atoms with Crippen LogP contribution in [0, 0.1) is 12.7 Å². The first-order valence-electron chi connectivity index (χ1n) is 8.34. The Kier molecular flexibility index (Phi) is 5.96. The van der Waals surface area contributed by atoms with Crippen molar-refractivity contribution in [2.24, 2.45) is 0 Å². The summed E-state index contributed by atoms with van der Waals surface area (Å²) in [5, 5.41) is 5.79. The number of benzene rings is 2. The normalized spacial score (nSPS) is 10.8. The van der Waals surface area contributed by atoms with Crippen molar-refractivity contribution in [2.75, 3.05) is 5.32 Å². The molecule has 0 saturated carbocycles. The third-order valence-corrected chi connectivity index (χ3v) is 4.17. The smallest absolute Gasteiger partial charge is 0.319 e. The quantitative estimate of drug-likeness (QED) is 0.784. The topological polar surface area (TPSA) is 41.1 Å². The largest absolute Gasteiger partial charge is 0.334 e. The van der Waals surface area contributed by atoms with Gasteiger partial charge in [0.05, 0.1) is 0 Å². The summed E-state index contributed by atoms with van der Waals surface area (Å²) < 4.78 is 13.3. The second-order valence-corrected chi connectivity index (χ2v) is 6.27. The highest BCUT2D eigenvalue weighted by Crippen LogP contribution is 2.28. The summed E-state index contributed by atoms with van der Waals surface area (Å²) in [6, 6.07) is 10.4. The number of hydrogen-bond donors (Lipinski definition) is 2. The number of anilines is 1. The van der Waals surface area contributed by atoms with Crippen LogP contribution < -0.4 is 10.6 Å². The molecule has 0 fully saturated rings. The zero-order valence-corrected chi connectivity index (χ0v) is 14.7. The number of carbonyl (C=O) groups is 1. The molecule has 0 unspecified atom stereocenters. The molecule has 0 spiro atoms. The second kappa shape index (κ2) is 7.95. The number of para-hydroxylation sites is 1. The molecule has 0 aliphatic rings. The predicted octanol–water partition coefficient (Wildman–Crippen LogP) is 5.14. The van der Waals surface area contributed by atoms with Gasteiger partial charge >= 0.3 is 6.03 Å². The van der Waals surface area contributed by atoms with E-state index in [-0.39, 0.29) is 11.8 Å². The van der Waals surface area contributed by atoms with E-state index in [9.17, 15) is 9.18 Å². The zero-order valence-electron chi connectivity index (χ0n) is 14.7. The molecule has 24 heavy (non-hydrogen) atoms. The molecule has 0 radical (unpaired) electrons. The van der Waals surface area contributed by atoms with Gasteiger partial charge in [-0.3, -0.25) is 0 Å². The van der Waals surface area contributed by atoms with Crippen LogP contribution >= 0.6 is 0 Å². The fraction of sp³-hybridized carbons (Fsp3) is 0.350. The molecule has 0 atom stereocenters. The Bertz CT molecular complexity index is 726. The Morgan fingerprint density at radius 1 is 1.17 bits per heavy atom. The molecule has 2 aromatic rings. The molecule has 0 aliphatic heterocycles. The van der Waals surface area contributed by atoms with E-state index >= 15 is 0 Å². The average Bonchev–Trinajstić information content (AvgIpc) is 2.55. The number of aryl methyl sites for hydroxylation is 2. The van der Waals surface area contributed by atoms with Crippen LogP contribution in [0.3, 0.4) is 0 Å². The monoisotopic (exact) mass is 328 g/mol. The van der Waals surface area contributed by atoms with Gasteiger partial charge in [-0.2, -0.15) is 0 Å². The lowest BCUT2D eigenvalue weighted by Crippen LogP contribution is -2.29. The van der Waals surface area contributed by atoms with E-state index in [4.69, 9.17) is 0 Å². The molecule has 2 N–H and O–H groups in total. The number of nitrogens with one attached hydrogen (secondary N) is 2. The van der Waals surface area contributed by atoms with Gasteiger partial charge in [-0.1, -0.05) is 45.0 Å². The third-order valence-electron chi connectivity index (χ3n) is 4.17. The number of carbonyl (C=O) groups excluding carboxylic acids is 1. The highest BCUT2D eigenvalue weighted by molar-refractivity contribution is 5.91. The molecule has 2 amide bonds. The highest BCUT2D eigenvalue weighted by Gasteiger charge is 2.13. The number of hydrogen-bond acceptors (Lipinski definition) is 1. The van der Waals surface area contributed by atoms with Gasteiger partial charge in [0.25, 0.3) is 0 Å². The van der Waals surface area contributed by atoms with Gasteiger partial charge in [0.2, 0.25) is 0 Å². The molecule has 0 saturated heterocycles. The Hall–Kier alpha value is -2.36. The van der Waals surface area contributed by atoms with E-state index < -0.39 is 0 Å². The Morgan fingerprint density at radius 2 is 1.92 bits per heavy atom. The van der Waals surface area contributed by atoms with Crippen molar-refractivity contribution in [2.45, 2.75) is 46.6 Å². The summed E-state index contributed by atoms with van der Waals surface area (Å²) in [6.07, 6.45) is 0.846. The van der Waals surface area contributed by atoms with Crippen LogP contribution in [-0.2, 0) is 13.0 Å². The van der Waals surface area contributed by atoms with E-state index in [2.05, 4.69) is 31.4 Å². The standard InChI is InChI=1S/C20H25FN2O/c1-5-15-7-6-8-18(13(2)3)19(15)23-20(24)22-12-16-11-17(21)10-9-14(16)4/h6-11,13H,5,12H2,1-4H3,(H2,22,23,24). The van der Waals surface area contributed by atoms with Crippen molar-refractivity contribution in [1.29, 1.82) is 0 Å². The minimum Gasteiger partial charge on any atom is -0.334 e. The first kappa shape index (κ1) is 18.0. The van der Waals surface area contributed by atoms with E-state index in [1.807, 2.05) is 25.1 Å². The van der Waals surface area contributed by atoms with E-state index in [1.54, 1.807) is 6.07 Å². The lowest BCUT2D eigenvalue weighted by molar-refractivity contribution is 0.251. The number of rotatable bonds is 5. The number of urea groups is 1. The van der Waals surface area contributed by atoms with Crippen molar-refractivity contribution in [1.82, 2.24) is 5.32 Å². The molecule has 0 aliphatic carbocycles. The lowest BCUT2D eigenvalue weighted by atomic mass is 9.96. The Balaban J connectivity index is 2.11. The highest BCUT2D eigenvalue weighted by atomic mass is 19.1. The van der Waals surface area contributed by atoms with Crippen molar-refractivity contribution in [3.05, 3.63) is 64.5 Å². The van der Waals surface area contributed by atoms with Crippen LogP contribution in [0.1, 0.15) is 48.9 Å². The summed E-state index contributed by atoms with van der Waals surface area (Å²) in [5.74, 6) is 0.0218. The second-order valence-electron chi connectivity index (χ2n) is 6.27. The van der Waals surface area contributed by atoms with Gasteiger partial charge in [-0.15, -0.1) is 0 Å². The minimum atomic E-state index is -0.295. The maximum absolute atomic E-state index is 13.3. The van der Waals surface area contributed by atoms with Gasteiger partial charge in [0, 0.05) is 12.2 Å². The van der Waals surface area contributed by atoms with Gasteiger partial charge in [0.15, 0.2) is 0 Å². The van der Waals surface area contributed by atoms with Gasteiger partial charge < -0.3 is 10.6 Å². The van der Waals surface area contributed by atoms with Crippen molar-refractivity contribution in [3.63, 3.8) is 0 Å². The summed E-state index contributed by atoms with van der Waals surface area (Å²) in [5.41, 5.74) is 4.83. The molecule has 128 valence electrons. The number of halogens is 1. The van der Waals surface area contributed by atoms with Crippen LogP contribution in [0.4, 0.5) is 14.9 Å². The predicted molar refractivity (Wildman–Crippen MR) is 96.9 cm³/mol. The number of amides is 2. The molecule has 2 rings (SSSR count). The third kappa shape index (κ3) is 4.34. The molecule has 0 heterocycles. The Labute approximate surface area is 143 Å². The molecular weight excluding hydrogens is 303 g/mol. The van der Waals surface area contributed by atoms with E-state index in [1.165, 1.54) is 12.1 Å². The van der Waals surface area contributed by atoms with Crippen LogP contribution in [0.25, 0.3) is 0 Å². The summed E-state index contributed by atoms with van der Waals surface area (Å²) in [7, 11) is 0. The fourth-order valence-electron chi connectivity index (χ4n) is 2.71. The van der Waals surface area contributed by atoms with Crippen LogP contribution in [0.2, 0.25) is 0 Å². The molecule has 0 bridgehead atoms. The molecule has 4 heteroatoms. The van der Waals surface area contributed by atoms with Gasteiger partial charge in [-0.25, -0.2) is 9.18 Å². The van der Waals surface area contributed by atoms with Crippen LogP contribution in [0.15, 0.2) is 36.4 Å². The average molecular weight is 328 g/mol. The first-order valence-corrected chi connectivity index (χ1v) is 8.34. The maximum atomic E-state index is 13.3. The van der Waals surface area contributed by atoms with Crippen molar-refractivity contribution in [3.8, 4) is 0 Å². The van der Waals surface area contributed by atoms with E-state index in [0.29, 0.717) is 12.5 Å². The summed E-state index contributed by atoms with van der Waals surface area (Å²) in [6.45, 7) is 8.47. The first-order chi connectivity index (χ1) is 11.4. The van der Waals surface area contributed by atoms with Crippen molar-refractivity contribution < 1.29 is 9.18 Å². The van der Waals surface area contributed by atoms with E-state index in [0.717, 1.165) is 34.4 Å². The molecule has 3 nitrogen and oxygen atoms in total. The molecule has 2 aromatic carbocycles. The summed E-state index contributed by atoms with van der Waals surface area (Å²) >= 11 is 0. The van der Waals surface area contributed by atoms with Crippen LogP contribution in [-0.4, -0.2) is 6.03 Å². The van der Waals surface area contributed by atoms with Gasteiger partial charge in [0.1, 0.15) is 5.82 Å². The molecule has 0 aromatic heterocycles.